The smallest absolute Gasteiger partial charge is 0.0939 e. The van der Waals surface area contributed by atoms with E-state index in [0.717, 1.165) is 37.9 Å². The van der Waals surface area contributed by atoms with E-state index in [-0.39, 0.29) is 0 Å². The van der Waals surface area contributed by atoms with Crippen LogP contribution < -0.4 is 5.32 Å². The van der Waals surface area contributed by atoms with Crippen LogP contribution in [-0.4, -0.2) is 28.0 Å². The molecule has 0 spiro atoms. The lowest BCUT2D eigenvalue weighted by Gasteiger charge is -2.24. The lowest BCUT2D eigenvalue weighted by molar-refractivity contribution is 0.0240. The number of nitrogens with one attached hydrogen (secondary N) is 1. The van der Waals surface area contributed by atoms with Gasteiger partial charge in [0.05, 0.1) is 11.8 Å². The van der Waals surface area contributed by atoms with E-state index in [1.54, 1.807) is 10.9 Å². The third-order valence-electron chi connectivity index (χ3n) is 2.90. The van der Waals surface area contributed by atoms with Crippen LogP contribution >= 0.6 is 0 Å². The predicted molar refractivity (Wildman–Crippen MR) is 53.8 cm³/mol. The highest BCUT2D eigenvalue weighted by Crippen LogP contribution is 2.30. The van der Waals surface area contributed by atoms with E-state index in [2.05, 4.69) is 10.4 Å². The first-order valence-electron chi connectivity index (χ1n) is 5.13. The third kappa shape index (κ3) is 1.81. The second kappa shape index (κ2) is 3.71. The summed E-state index contributed by atoms with van der Waals surface area (Å²) in [5, 5.41) is 17.8. The van der Waals surface area contributed by atoms with Crippen molar-refractivity contribution in [1.29, 1.82) is 0 Å². The van der Waals surface area contributed by atoms with Crippen molar-refractivity contribution in [3.8, 4) is 0 Å². The maximum atomic E-state index is 10.4. The van der Waals surface area contributed by atoms with Crippen molar-refractivity contribution in [3.05, 3.63) is 18.0 Å². The third-order valence-corrected chi connectivity index (χ3v) is 2.90. The van der Waals surface area contributed by atoms with E-state index < -0.39 is 5.60 Å². The van der Waals surface area contributed by atoms with Crippen molar-refractivity contribution in [2.24, 2.45) is 7.05 Å². The molecule has 1 saturated heterocycles. The van der Waals surface area contributed by atoms with Crippen LogP contribution in [0.3, 0.4) is 0 Å². The molecule has 78 valence electrons. The predicted octanol–water partition coefficient (Wildman–Crippen LogP) is 0.381. The molecular formula is C10H17N3O. The number of aryl methyl sites for hydroxylation is 1. The Hall–Kier alpha value is -0.870. The quantitative estimate of drug-likeness (QED) is 0.681. The summed E-state index contributed by atoms with van der Waals surface area (Å²) in [6.45, 7) is 1.88. The van der Waals surface area contributed by atoms with E-state index >= 15 is 0 Å². The first kappa shape index (κ1) is 9.68. The topological polar surface area (TPSA) is 50.1 Å². The SMILES string of the molecule is Cn1cc(C2(O)CCCNCC2)cn1. The molecule has 0 radical (unpaired) electrons. The van der Waals surface area contributed by atoms with Gasteiger partial charge < -0.3 is 10.4 Å². The minimum atomic E-state index is -0.669. The van der Waals surface area contributed by atoms with Crippen LogP contribution in [0.5, 0.6) is 0 Å². The molecule has 0 aliphatic carbocycles. The van der Waals surface area contributed by atoms with Gasteiger partial charge in [-0.1, -0.05) is 0 Å². The summed E-state index contributed by atoms with van der Waals surface area (Å²) in [6.07, 6.45) is 6.30. The number of aliphatic hydroxyl groups is 1. The molecule has 2 N–H and O–H groups in total. The van der Waals surface area contributed by atoms with Gasteiger partial charge in [-0.15, -0.1) is 0 Å². The molecule has 1 atom stereocenters. The van der Waals surface area contributed by atoms with Gasteiger partial charge >= 0.3 is 0 Å². The van der Waals surface area contributed by atoms with E-state index in [1.807, 2.05) is 13.2 Å². The van der Waals surface area contributed by atoms with Crippen molar-refractivity contribution in [3.63, 3.8) is 0 Å². The average molecular weight is 195 g/mol. The molecule has 1 unspecified atom stereocenters. The van der Waals surface area contributed by atoms with Gasteiger partial charge in [0.2, 0.25) is 0 Å². The molecule has 14 heavy (non-hydrogen) atoms. The summed E-state index contributed by atoms with van der Waals surface area (Å²) in [5.74, 6) is 0. The summed E-state index contributed by atoms with van der Waals surface area (Å²) < 4.78 is 1.74. The highest BCUT2D eigenvalue weighted by Gasteiger charge is 2.30. The lowest BCUT2D eigenvalue weighted by atomic mass is 9.89. The number of nitrogens with zero attached hydrogens (tertiary/aromatic N) is 2. The molecule has 1 aromatic rings. The Kier molecular flexibility index (Phi) is 2.56. The van der Waals surface area contributed by atoms with Gasteiger partial charge in [0.15, 0.2) is 0 Å². The number of hydrogen-bond acceptors (Lipinski definition) is 3. The maximum Gasteiger partial charge on any atom is 0.0939 e. The summed E-state index contributed by atoms with van der Waals surface area (Å²) >= 11 is 0. The zero-order chi connectivity index (χ0) is 10.0. The van der Waals surface area contributed by atoms with Gasteiger partial charge in [0.25, 0.3) is 0 Å². The largest absolute Gasteiger partial charge is 0.385 e. The summed E-state index contributed by atoms with van der Waals surface area (Å²) in [4.78, 5) is 0. The molecule has 4 heteroatoms. The van der Waals surface area contributed by atoms with Crippen LogP contribution in [0.2, 0.25) is 0 Å². The average Bonchev–Trinajstić information content (AvgIpc) is 2.47. The normalized spacial score (nSPS) is 28.7. The fourth-order valence-electron chi connectivity index (χ4n) is 2.00. The maximum absolute atomic E-state index is 10.4. The Morgan fingerprint density at radius 2 is 2.36 bits per heavy atom. The van der Waals surface area contributed by atoms with Crippen molar-refractivity contribution in [2.75, 3.05) is 13.1 Å². The Labute approximate surface area is 83.9 Å². The first-order chi connectivity index (χ1) is 6.71. The van der Waals surface area contributed by atoms with E-state index in [1.165, 1.54) is 0 Å². The molecule has 1 aromatic heterocycles. The molecule has 0 bridgehead atoms. The molecule has 0 saturated carbocycles. The minimum Gasteiger partial charge on any atom is -0.385 e. The zero-order valence-corrected chi connectivity index (χ0v) is 8.53. The van der Waals surface area contributed by atoms with Crippen molar-refractivity contribution in [1.82, 2.24) is 15.1 Å². The molecule has 1 aliphatic rings. The van der Waals surface area contributed by atoms with Crippen LogP contribution in [0, 0.1) is 0 Å². The van der Waals surface area contributed by atoms with Crippen molar-refractivity contribution >= 4 is 0 Å². The molecule has 1 fully saturated rings. The highest BCUT2D eigenvalue weighted by atomic mass is 16.3. The Morgan fingerprint density at radius 3 is 3.07 bits per heavy atom. The van der Waals surface area contributed by atoms with Gasteiger partial charge in [-0.05, 0) is 32.4 Å². The standard InChI is InChI=1S/C10H17N3O/c1-13-8-9(7-12-13)10(14)3-2-5-11-6-4-10/h7-8,11,14H,2-6H2,1H3. The Bertz CT molecular complexity index is 300. The lowest BCUT2D eigenvalue weighted by Crippen LogP contribution is -2.26. The monoisotopic (exact) mass is 195 g/mol. The van der Waals surface area contributed by atoms with Crippen LogP contribution in [0.4, 0.5) is 0 Å². The number of rotatable bonds is 1. The summed E-state index contributed by atoms with van der Waals surface area (Å²) in [5.41, 5.74) is 0.279. The minimum absolute atomic E-state index is 0.669. The number of aromatic nitrogens is 2. The van der Waals surface area contributed by atoms with Gasteiger partial charge in [-0.2, -0.15) is 5.10 Å². The van der Waals surface area contributed by atoms with Crippen LogP contribution in [-0.2, 0) is 12.6 Å². The highest BCUT2D eigenvalue weighted by molar-refractivity contribution is 5.15. The zero-order valence-electron chi connectivity index (χ0n) is 8.53. The second-order valence-corrected chi connectivity index (χ2v) is 4.04. The van der Waals surface area contributed by atoms with Gasteiger partial charge in [-0.3, -0.25) is 4.68 Å². The van der Waals surface area contributed by atoms with Crippen LogP contribution in [0.15, 0.2) is 12.4 Å². The van der Waals surface area contributed by atoms with Crippen molar-refractivity contribution in [2.45, 2.75) is 24.9 Å². The molecule has 0 aromatic carbocycles. The molecule has 2 rings (SSSR count). The van der Waals surface area contributed by atoms with Crippen molar-refractivity contribution < 1.29 is 5.11 Å². The Morgan fingerprint density at radius 1 is 1.50 bits per heavy atom. The molecule has 4 nitrogen and oxygen atoms in total. The van der Waals surface area contributed by atoms with Gasteiger partial charge in [0, 0.05) is 18.8 Å². The molecule has 0 amide bonds. The van der Waals surface area contributed by atoms with E-state index in [0.29, 0.717) is 0 Å². The molecule has 2 heterocycles. The first-order valence-corrected chi connectivity index (χ1v) is 5.13. The molecular weight excluding hydrogens is 178 g/mol. The fraction of sp³-hybridized carbons (Fsp3) is 0.700. The van der Waals surface area contributed by atoms with Gasteiger partial charge in [0.1, 0.15) is 0 Å². The fourth-order valence-corrected chi connectivity index (χ4v) is 2.00. The number of hydrogen-bond donors (Lipinski definition) is 2. The molecule has 1 aliphatic heterocycles. The van der Waals surface area contributed by atoms with E-state index in [9.17, 15) is 5.11 Å². The van der Waals surface area contributed by atoms with Gasteiger partial charge in [-0.25, -0.2) is 0 Å². The van der Waals surface area contributed by atoms with Crippen LogP contribution in [0.1, 0.15) is 24.8 Å². The second-order valence-electron chi connectivity index (χ2n) is 4.04. The summed E-state index contributed by atoms with van der Waals surface area (Å²) in [6, 6.07) is 0. The summed E-state index contributed by atoms with van der Waals surface area (Å²) in [7, 11) is 1.88. The van der Waals surface area contributed by atoms with Crippen LogP contribution in [0.25, 0.3) is 0 Å². The van der Waals surface area contributed by atoms with E-state index in [4.69, 9.17) is 0 Å². The Balaban J connectivity index is 2.20.